The maximum Gasteiger partial charge on any atom is 0.00472 e. The Kier molecular flexibility index (Phi) is 5.87. The monoisotopic (exact) mass is 217 g/mol. The van der Waals surface area contributed by atoms with E-state index in [1.54, 1.807) is 0 Å². The summed E-state index contributed by atoms with van der Waals surface area (Å²) in [6.07, 6.45) is 3.19. The highest BCUT2D eigenvalue weighted by molar-refractivity contribution is 5.16. The van der Waals surface area contributed by atoms with E-state index < -0.39 is 0 Å². The number of hydrogen-bond donors (Lipinski definition) is 0. The van der Waals surface area contributed by atoms with Gasteiger partial charge in [-0.15, -0.1) is 6.58 Å². The molecule has 0 saturated carbocycles. The fourth-order valence-electron chi connectivity index (χ4n) is 1.95. The van der Waals surface area contributed by atoms with Crippen molar-refractivity contribution in [2.45, 2.75) is 20.3 Å². The molecule has 1 aromatic rings. The highest BCUT2D eigenvalue weighted by Crippen LogP contribution is 2.11. The molecule has 0 saturated heterocycles. The van der Waals surface area contributed by atoms with Crippen molar-refractivity contribution in [3.05, 3.63) is 48.6 Å². The van der Waals surface area contributed by atoms with E-state index in [9.17, 15) is 0 Å². The van der Waals surface area contributed by atoms with Gasteiger partial charge in [-0.3, -0.25) is 0 Å². The molecule has 0 bridgehead atoms. The summed E-state index contributed by atoms with van der Waals surface area (Å²) < 4.78 is 0. The van der Waals surface area contributed by atoms with Crippen LogP contribution in [0.2, 0.25) is 0 Å². The summed E-state index contributed by atoms with van der Waals surface area (Å²) in [6, 6.07) is 10.7. The number of benzene rings is 1. The van der Waals surface area contributed by atoms with Gasteiger partial charge in [-0.25, -0.2) is 0 Å². The van der Waals surface area contributed by atoms with E-state index in [1.807, 2.05) is 0 Å². The van der Waals surface area contributed by atoms with E-state index in [-0.39, 0.29) is 0 Å². The quantitative estimate of drug-likeness (QED) is 0.633. The molecule has 0 aliphatic heterocycles. The molecule has 0 aliphatic carbocycles. The second-order valence-corrected chi connectivity index (χ2v) is 4.17. The highest BCUT2D eigenvalue weighted by atomic mass is 15.1. The van der Waals surface area contributed by atoms with Crippen LogP contribution in [-0.2, 0) is 6.42 Å². The van der Waals surface area contributed by atoms with Crippen molar-refractivity contribution in [2.24, 2.45) is 5.92 Å². The van der Waals surface area contributed by atoms with Crippen molar-refractivity contribution in [3.8, 4) is 0 Å². The Morgan fingerprint density at radius 3 is 2.31 bits per heavy atom. The van der Waals surface area contributed by atoms with Crippen molar-refractivity contribution in [1.29, 1.82) is 0 Å². The predicted molar refractivity (Wildman–Crippen MR) is 71.6 cm³/mol. The van der Waals surface area contributed by atoms with Gasteiger partial charge >= 0.3 is 0 Å². The lowest BCUT2D eigenvalue weighted by molar-refractivity contribution is 0.272. The predicted octanol–water partition coefficient (Wildman–Crippen LogP) is 3.37. The van der Waals surface area contributed by atoms with Crippen LogP contribution in [0.25, 0.3) is 0 Å². The van der Waals surface area contributed by atoms with Gasteiger partial charge in [0.05, 0.1) is 0 Å². The van der Waals surface area contributed by atoms with Gasteiger partial charge in [0.25, 0.3) is 0 Å². The first kappa shape index (κ1) is 13.0. The SMILES string of the molecule is C=CC(Cc1ccccc1)CN(CC)CC. The Bertz CT molecular complexity index is 288. The number of hydrogen-bond acceptors (Lipinski definition) is 1. The summed E-state index contributed by atoms with van der Waals surface area (Å²) in [6.45, 7) is 11.7. The lowest BCUT2D eigenvalue weighted by atomic mass is 9.99. The van der Waals surface area contributed by atoms with E-state index >= 15 is 0 Å². The largest absolute Gasteiger partial charge is 0.303 e. The van der Waals surface area contributed by atoms with Crippen LogP contribution in [0.1, 0.15) is 19.4 Å². The summed E-state index contributed by atoms with van der Waals surface area (Å²) >= 11 is 0. The lowest BCUT2D eigenvalue weighted by Crippen LogP contribution is -2.29. The van der Waals surface area contributed by atoms with Crippen LogP contribution in [0.3, 0.4) is 0 Å². The number of nitrogens with zero attached hydrogens (tertiary/aromatic N) is 1. The number of rotatable bonds is 7. The molecule has 88 valence electrons. The maximum absolute atomic E-state index is 3.95. The maximum atomic E-state index is 3.95. The molecule has 0 radical (unpaired) electrons. The van der Waals surface area contributed by atoms with Crippen LogP contribution < -0.4 is 0 Å². The van der Waals surface area contributed by atoms with Crippen LogP contribution in [0.15, 0.2) is 43.0 Å². The zero-order chi connectivity index (χ0) is 11.8. The van der Waals surface area contributed by atoms with Crippen LogP contribution in [0.4, 0.5) is 0 Å². The molecule has 0 aliphatic rings. The Morgan fingerprint density at radius 1 is 1.19 bits per heavy atom. The molecule has 1 rings (SSSR count). The minimum Gasteiger partial charge on any atom is -0.303 e. The first-order valence-electron chi connectivity index (χ1n) is 6.19. The first-order valence-corrected chi connectivity index (χ1v) is 6.19. The Morgan fingerprint density at radius 2 is 1.81 bits per heavy atom. The zero-order valence-electron chi connectivity index (χ0n) is 10.5. The van der Waals surface area contributed by atoms with Crippen LogP contribution in [0, 0.1) is 5.92 Å². The Balaban J connectivity index is 2.52. The molecule has 0 aromatic heterocycles. The van der Waals surface area contributed by atoms with Crippen molar-refractivity contribution in [3.63, 3.8) is 0 Å². The molecule has 16 heavy (non-hydrogen) atoms. The lowest BCUT2D eigenvalue weighted by Gasteiger charge is -2.23. The Hall–Kier alpha value is -1.08. The van der Waals surface area contributed by atoms with Crippen LogP contribution >= 0.6 is 0 Å². The summed E-state index contributed by atoms with van der Waals surface area (Å²) in [5.74, 6) is 0.558. The van der Waals surface area contributed by atoms with E-state index in [4.69, 9.17) is 0 Å². The second-order valence-electron chi connectivity index (χ2n) is 4.17. The third-order valence-electron chi connectivity index (χ3n) is 3.06. The molecule has 1 nitrogen and oxygen atoms in total. The standard InChI is InChI=1S/C15H23N/c1-4-14(13-16(5-2)6-3)12-15-10-8-7-9-11-15/h4,7-11,14H,1,5-6,12-13H2,2-3H3. The molecule has 1 heteroatoms. The van der Waals surface area contributed by atoms with Crippen LogP contribution in [0.5, 0.6) is 0 Å². The molecule has 0 fully saturated rings. The smallest absolute Gasteiger partial charge is 0.00472 e. The van der Waals surface area contributed by atoms with Gasteiger partial charge in [-0.05, 0) is 31.0 Å². The molecule has 0 amide bonds. The summed E-state index contributed by atoms with van der Waals surface area (Å²) in [7, 11) is 0. The normalized spacial score (nSPS) is 12.7. The topological polar surface area (TPSA) is 3.24 Å². The minimum atomic E-state index is 0.558. The average Bonchev–Trinajstić information content (AvgIpc) is 2.35. The van der Waals surface area contributed by atoms with Crippen molar-refractivity contribution in [1.82, 2.24) is 4.90 Å². The van der Waals surface area contributed by atoms with Crippen molar-refractivity contribution in [2.75, 3.05) is 19.6 Å². The average molecular weight is 217 g/mol. The van der Waals surface area contributed by atoms with Gasteiger partial charge in [0.2, 0.25) is 0 Å². The molecule has 0 spiro atoms. The molecule has 1 aromatic carbocycles. The second kappa shape index (κ2) is 7.24. The van der Waals surface area contributed by atoms with Crippen molar-refractivity contribution < 1.29 is 0 Å². The van der Waals surface area contributed by atoms with E-state index in [0.29, 0.717) is 5.92 Å². The van der Waals surface area contributed by atoms with Gasteiger partial charge in [-0.2, -0.15) is 0 Å². The van der Waals surface area contributed by atoms with E-state index in [0.717, 1.165) is 26.1 Å². The molecular formula is C15H23N. The fourth-order valence-corrected chi connectivity index (χ4v) is 1.95. The van der Waals surface area contributed by atoms with Gasteiger partial charge in [-0.1, -0.05) is 50.3 Å². The van der Waals surface area contributed by atoms with Crippen LogP contribution in [-0.4, -0.2) is 24.5 Å². The molecule has 0 heterocycles. The van der Waals surface area contributed by atoms with Gasteiger partial charge in [0, 0.05) is 6.54 Å². The molecule has 1 unspecified atom stereocenters. The fraction of sp³-hybridized carbons (Fsp3) is 0.467. The molecule has 0 N–H and O–H groups in total. The molecule has 1 atom stereocenters. The third kappa shape index (κ3) is 4.19. The minimum absolute atomic E-state index is 0.558. The zero-order valence-corrected chi connectivity index (χ0v) is 10.5. The molecular weight excluding hydrogens is 194 g/mol. The summed E-state index contributed by atoms with van der Waals surface area (Å²) in [4.78, 5) is 2.45. The third-order valence-corrected chi connectivity index (χ3v) is 3.06. The van der Waals surface area contributed by atoms with Gasteiger partial charge in [0.1, 0.15) is 0 Å². The Labute approximate surface area is 99.8 Å². The summed E-state index contributed by atoms with van der Waals surface area (Å²) in [5, 5.41) is 0. The first-order chi connectivity index (χ1) is 7.80. The van der Waals surface area contributed by atoms with Gasteiger partial charge in [0.15, 0.2) is 0 Å². The van der Waals surface area contributed by atoms with Gasteiger partial charge < -0.3 is 4.90 Å². The van der Waals surface area contributed by atoms with E-state index in [2.05, 4.69) is 61.7 Å². The highest BCUT2D eigenvalue weighted by Gasteiger charge is 2.09. The summed E-state index contributed by atoms with van der Waals surface area (Å²) in [5.41, 5.74) is 1.40. The van der Waals surface area contributed by atoms with E-state index in [1.165, 1.54) is 5.56 Å². The van der Waals surface area contributed by atoms with Crippen molar-refractivity contribution >= 4 is 0 Å².